The first-order valence-corrected chi connectivity index (χ1v) is 6.66. The van der Waals surface area contributed by atoms with Gasteiger partial charge in [-0.1, -0.05) is 27.7 Å². The zero-order valence-electron chi connectivity index (χ0n) is 11.9. The average Bonchev–Trinajstić information content (AvgIpc) is 2.80. The lowest BCUT2D eigenvalue weighted by Gasteiger charge is -2.22. The number of aryl methyl sites for hydroxylation is 1. The largest absolute Gasteiger partial charge is 0.353 e. The van der Waals surface area contributed by atoms with Crippen LogP contribution in [0.5, 0.6) is 0 Å². The van der Waals surface area contributed by atoms with Gasteiger partial charge in [0.1, 0.15) is 0 Å². The van der Waals surface area contributed by atoms with Crippen LogP contribution in [-0.4, -0.2) is 21.7 Å². The number of hydrogen-bond acceptors (Lipinski definition) is 2. The molecular weight excluding hydrogens is 226 g/mol. The van der Waals surface area contributed by atoms with Gasteiger partial charge in [0.15, 0.2) is 0 Å². The molecule has 1 aliphatic rings. The fourth-order valence-corrected chi connectivity index (χ4v) is 2.78. The Morgan fingerprint density at radius 3 is 2.72 bits per heavy atom. The van der Waals surface area contributed by atoms with Gasteiger partial charge in [0.2, 0.25) is 5.91 Å². The molecule has 100 valence electrons. The van der Waals surface area contributed by atoms with Crippen molar-refractivity contribution in [3.8, 4) is 0 Å². The average molecular weight is 249 g/mol. The zero-order valence-corrected chi connectivity index (χ0v) is 11.9. The maximum atomic E-state index is 11.6. The van der Waals surface area contributed by atoms with E-state index in [1.807, 2.05) is 11.7 Å². The lowest BCUT2D eigenvalue weighted by Crippen LogP contribution is -2.28. The Morgan fingerprint density at radius 2 is 2.17 bits per heavy atom. The zero-order chi connectivity index (χ0) is 13.5. The number of nitrogens with one attached hydrogen (secondary N) is 1. The quantitative estimate of drug-likeness (QED) is 0.872. The van der Waals surface area contributed by atoms with E-state index in [1.165, 1.54) is 5.56 Å². The van der Waals surface area contributed by atoms with E-state index >= 15 is 0 Å². The maximum absolute atomic E-state index is 11.6. The van der Waals surface area contributed by atoms with Gasteiger partial charge in [-0.05, 0) is 12.0 Å². The second-order valence-electron chi connectivity index (χ2n) is 6.25. The predicted octanol–water partition coefficient (Wildman–Crippen LogP) is 2.10. The maximum Gasteiger partial charge on any atom is 0.220 e. The van der Waals surface area contributed by atoms with Crippen LogP contribution in [0.4, 0.5) is 0 Å². The molecule has 0 saturated carbocycles. The summed E-state index contributed by atoms with van der Waals surface area (Å²) in [6, 6.07) is 0.253. The molecule has 0 bridgehead atoms. The third kappa shape index (κ3) is 2.28. The van der Waals surface area contributed by atoms with Crippen LogP contribution in [0, 0.1) is 0 Å². The van der Waals surface area contributed by atoms with Crippen molar-refractivity contribution in [2.24, 2.45) is 7.05 Å². The monoisotopic (exact) mass is 249 g/mol. The number of rotatable bonds is 2. The van der Waals surface area contributed by atoms with E-state index in [4.69, 9.17) is 0 Å². The summed E-state index contributed by atoms with van der Waals surface area (Å²) in [6.45, 7) is 8.63. The lowest BCUT2D eigenvalue weighted by molar-refractivity contribution is -0.119. The Kier molecular flexibility index (Phi) is 3.21. The Morgan fingerprint density at radius 1 is 1.50 bits per heavy atom. The van der Waals surface area contributed by atoms with E-state index in [2.05, 4.69) is 44.3 Å². The van der Waals surface area contributed by atoms with Gasteiger partial charge in [0.25, 0.3) is 0 Å². The van der Waals surface area contributed by atoms with Crippen LogP contribution in [0.25, 0.3) is 0 Å². The predicted molar refractivity (Wildman–Crippen MR) is 71.5 cm³/mol. The number of carbonyl (C=O) groups is 1. The van der Waals surface area contributed by atoms with Crippen molar-refractivity contribution >= 4 is 5.91 Å². The minimum Gasteiger partial charge on any atom is -0.353 e. The molecule has 0 spiro atoms. The molecule has 4 heteroatoms. The summed E-state index contributed by atoms with van der Waals surface area (Å²) in [6.07, 6.45) is 3.64. The first-order valence-electron chi connectivity index (χ1n) is 6.66. The van der Waals surface area contributed by atoms with Crippen molar-refractivity contribution in [3.63, 3.8) is 0 Å². The highest BCUT2D eigenvalue weighted by Crippen LogP contribution is 2.36. The number of carbonyl (C=O) groups excluding carboxylic acids is 1. The van der Waals surface area contributed by atoms with Crippen LogP contribution in [0.1, 0.15) is 57.7 Å². The van der Waals surface area contributed by atoms with Crippen molar-refractivity contribution in [1.82, 2.24) is 15.1 Å². The van der Waals surface area contributed by atoms with Gasteiger partial charge in [-0.25, -0.2) is 0 Å². The Bertz CT molecular complexity index is 456. The second-order valence-corrected chi connectivity index (χ2v) is 6.25. The highest BCUT2D eigenvalue weighted by Gasteiger charge is 2.36. The molecule has 2 rings (SSSR count). The van der Waals surface area contributed by atoms with Crippen LogP contribution in [0.2, 0.25) is 0 Å². The molecule has 1 aromatic heterocycles. The van der Waals surface area contributed by atoms with Crippen LogP contribution in [0.15, 0.2) is 6.20 Å². The third-order valence-electron chi connectivity index (χ3n) is 3.64. The van der Waals surface area contributed by atoms with Crippen LogP contribution >= 0.6 is 0 Å². The highest BCUT2D eigenvalue weighted by atomic mass is 16.2. The summed E-state index contributed by atoms with van der Waals surface area (Å²) >= 11 is 0. The normalized spacial score (nSPS) is 24.4. The highest BCUT2D eigenvalue weighted by molar-refractivity contribution is 5.80. The van der Waals surface area contributed by atoms with Crippen LogP contribution in [0.3, 0.4) is 0 Å². The standard InChI is InChI=1S/C14H23N3O/c1-6-11-9(7-12(18)15-11)10-8-17(5)16-13(10)14(2,3)4/h8-9,11H,6-7H2,1-5H3,(H,15,18). The molecule has 1 amide bonds. The van der Waals surface area contributed by atoms with Gasteiger partial charge in [0.05, 0.1) is 5.69 Å². The fraction of sp³-hybridized carbons (Fsp3) is 0.714. The minimum absolute atomic E-state index is 0.0144. The Hall–Kier alpha value is -1.32. The molecule has 2 atom stereocenters. The summed E-state index contributed by atoms with van der Waals surface area (Å²) in [5, 5.41) is 7.66. The summed E-state index contributed by atoms with van der Waals surface area (Å²) in [7, 11) is 1.95. The molecule has 18 heavy (non-hydrogen) atoms. The molecule has 0 aromatic carbocycles. The molecule has 1 aliphatic heterocycles. The van der Waals surface area contributed by atoms with E-state index in [-0.39, 0.29) is 23.3 Å². The van der Waals surface area contributed by atoms with Gasteiger partial charge >= 0.3 is 0 Å². The molecule has 4 nitrogen and oxygen atoms in total. The first-order chi connectivity index (χ1) is 8.32. The lowest BCUT2D eigenvalue weighted by atomic mass is 9.82. The van der Waals surface area contributed by atoms with Gasteiger partial charge in [-0.15, -0.1) is 0 Å². The van der Waals surface area contributed by atoms with E-state index in [0.717, 1.165) is 12.1 Å². The number of hydrogen-bond donors (Lipinski definition) is 1. The number of nitrogens with zero attached hydrogens (tertiary/aromatic N) is 2. The van der Waals surface area contributed by atoms with Crippen molar-refractivity contribution in [2.75, 3.05) is 0 Å². The van der Waals surface area contributed by atoms with Gasteiger partial charge in [-0.3, -0.25) is 9.48 Å². The third-order valence-corrected chi connectivity index (χ3v) is 3.64. The molecular formula is C14H23N3O. The SMILES string of the molecule is CCC1NC(=O)CC1c1cn(C)nc1C(C)(C)C. The van der Waals surface area contributed by atoms with E-state index in [0.29, 0.717) is 6.42 Å². The van der Waals surface area contributed by atoms with E-state index in [1.54, 1.807) is 0 Å². The van der Waals surface area contributed by atoms with Crippen molar-refractivity contribution in [3.05, 3.63) is 17.5 Å². The minimum atomic E-state index is 0.0144. The molecule has 0 radical (unpaired) electrons. The number of amides is 1. The van der Waals surface area contributed by atoms with Crippen LogP contribution < -0.4 is 5.32 Å². The number of aromatic nitrogens is 2. The van der Waals surface area contributed by atoms with Crippen molar-refractivity contribution in [2.45, 2.75) is 57.9 Å². The summed E-state index contributed by atoms with van der Waals surface area (Å²) < 4.78 is 1.87. The first kappa shape index (κ1) is 13.1. The van der Waals surface area contributed by atoms with Crippen molar-refractivity contribution < 1.29 is 4.79 Å². The Balaban J connectivity index is 2.41. The molecule has 2 heterocycles. The van der Waals surface area contributed by atoms with Gasteiger partial charge < -0.3 is 5.32 Å². The van der Waals surface area contributed by atoms with Crippen molar-refractivity contribution in [1.29, 1.82) is 0 Å². The Labute approximate surface area is 109 Å². The molecule has 1 fully saturated rings. The molecule has 1 N–H and O–H groups in total. The van der Waals surface area contributed by atoms with Crippen LogP contribution in [-0.2, 0) is 17.3 Å². The van der Waals surface area contributed by atoms with E-state index in [9.17, 15) is 4.79 Å². The summed E-state index contributed by atoms with van der Waals surface area (Å²) in [5.74, 6) is 0.431. The molecule has 1 aromatic rings. The van der Waals surface area contributed by atoms with Gasteiger partial charge in [-0.2, -0.15) is 5.10 Å². The molecule has 0 aliphatic carbocycles. The fourth-order valence-electron chi connectivity index (χ4n) is 2.78. The topological polar surface area (TPSA) is 46.9 Å². The summed E-state index contributed by atoms with van der Waals surface area (Å²) in [4.78, 5) is 11.6. The summed E-state index contributed by atoms with van der Waals surface area (Å²) in [5.41, 5.74) is 2.36. The second kappa shape index (κ2) is 4.41. The molecule has 1 saturated heterocycles. The smallest absolute Gasteiger partial charge is 0.220 e. The van der Waals surface area contributed by atoms with E-state index < -0.39 is 0 Å². The molecule has 2 unspecified atom stereocenters. The van der Waals surface area contributed by atoms with Gasteiger partial charge in [0, 0.05) is 37.0 Å².